The smallest absolute Gasteiger partial charge is 0.325 e. The van der Waals surface area contributed by atoms with E-state index in [4.69, 9.17) is 0 Å². The monoisotopic (exact) mass is 256 g/mol. The summed E-state index contributed by atoms with van der Waals surface area (Å²) >= 11 is 0. The Hall–Kier alpha value is -1.56. The van der Waals surface area contributed by atoms with Crippen LogP contribution in [0, 0.1) is 5.92 Å². The summed E-state index contributed by atoms with van der Waals surface area (Å²) in [6, 6.07) is 4.06. The zero-order valence-electron chi connectivity index (χ0n) is 9.34. The predicted molar refractivity (Wildman–Crippen MR) is 59.2 cm³/mol. The summed E-state index contributed by atoms with van der Waals surface area (Å²) in [6.45, 7) is 1.07. The van der Waals surface area contributed by atoms with Crippen LogP contribution in [0.15, 0.2) is 18.2 Å². The van der Waals surface area contributed by atoms with E-state index in [1.807, 2.05) is 0 Å². The molecule has 0 aromatic heterocycles. The first kappa shape index (κ1) is 11.5. The molecule has 0 radical (unpaired) electrons. The molecule has 2 aliphatic heterocycles. The number of anilines is 1. The number of nitrogens with one attached hydrogen (secondary N) is 2. The van der Waals surface area contributed by atoms with Gasteiger partial charge in [0, 0.05) is 19.0 Å². The molecular formula is C12H11F3N2O. The molecule has 2 atom stereocenters. The predicted octanol–water partition coefficient (Wildman–Crippen LogP) is 1.96. The second-order valence-corrected chi connectivity index (χ2v) is 4.63. The highest BCUT2D eigenvalue weighted by molar-refractivity contribution is 5.98. The van der Waals surface area contributed by atoms with Gasteiger partial charge in [0.25, 0.3) is 0 Å². The molecule has 2 heterocycles. The van der Waals surface area contributed by atoms with Crippen molar-refractivity contribution in [3.05, 3.63) is 29.3 Å². The van der Waals surface area contributed by atoms with Gasteiger partial charge in [0.1, 0.15) is 0 Å². The fraction of sp³-hybridized carbons (Fsp3) is 0.417. The highest BCUT2D eigenvalue weighted by atomic mass is 19.4. The van der Waals surface area contributed by atoms with Gasteiger partial charge in [0.05, 0.1) is 17.2 Å². The van der Waals surface area contributed by atoms with E-state index in [1.54, 1.807) is 6.07 Å². The standard InChI is InChI=1S/C12H11F3N2O/c13-12(14,15)9-3-1-2-6-7-4-16-5-8(7)11(18)17-10(6)9/h1-3,7-8,16H,4-5H2,(H,17,18)/t7-,8-/m0/s1. The van der Waals surface area contributed by atoms with E-state index in [-0.39, 0.29) is 23.4 Å². The van der Waals surface area contributed by atoms with Crippen molar-refractivity contribution in [3.8, 4) is 0 Å². The lowest BCUT2D eigenvalue weighted by molar-refractivity contribution is -0.137. The molecule has 0 bridgehead atoms. The number of alkyl halides is 3. The van der Waals surface area contributed by atoms with Crippen molar-refractivity contribution in [2.45, 2.75) is 12.1 Å². The Morgan fingerprint density at radius 2 is 1.89 bits per heavy atom. The van der Waals surface area contributed by atoms with E-state index in [2.05, 4.69) is 10.6 Å². The molecule has 18 heavy (non-hydrogen) atoms. The van der Waals surface area contributed by atoms with Crippen molar-refractivity contribution < 1.29 is 18.0 Å². The molecule has 1 aromatic carbocycles. The van der Waals surface area contributed by atoms with E-state index >= 15 is 0 Å². The fourth-order valence-electron chi connectivity index (χ4n) is 2.75. The third-order valence-electron chi connectivity index (χ3n) is 3.60. The number of benzene rings is 1. The van der Waals surface area contributed by atoms with Gasteiger partial charge in [-0.05, 0) is 11.6 Å². The summed E-state index contributed by atoms with van der Waals surface area (Å²) in [7, 11) is 0. The molecule has 96 valence electrons. The number of rotatable bonds is 0. The maximum Gasteiger partial charge on any atom is 0.418 e. The molecule has 1 amide bonds. The summed E-state index contributed by atoms with van der Waals surface area (Å²) in [4.78, 5) is 11.8. The van der Waals surface area contributed by atoms with Gasteiger partial charge in [0.15, 0.2) is 0 Å². The van der Waals surface area contributed by atoms with Gasteiger partial charge in [-0.2, -0.15) is 13.2 Å². The second-order valence-electron chi connectivity index (χ2n) is 4.63. The highest BCUT2D eigenvalue weighted by Crippen LogP contribution is 2.44. The fourth-order valence-corrected chi connectivity index (χ4v) is 2.75. The number of hydrogen-bond donors (Lipinski definition) is 2. The number of halogens is 3. The molecule has 3 rings (SSSR count). The maximum absolute atomic E-state index is 12.9. The SMILES string of the molecule is O=C1Nc2c(cccc2C(F)(F)F)[C@@H]2CNC[C@H]12. The van der Waals surface area contributed by atoms with Crippen LogP contribution < -0.4 is 10.6 Å². The van der Waals surface area contributed by atoms with Crippen LogP contribution >= 0.6 is 0 Å². The molecule has 0 aliphatic carbocycles. The number of fused-ring (bicyclic) bond motifs is 3. The van der Waals surface area contributed by atoms with Crippen molar-refractivity contribution >= 4 is 11.6 Å². The van der Waals surface area contributed by atoms with Crippen LogP contribution in [0.25, 0.3) is 0 Å². The zero-order chi connectivity index (χ0) is 12.9. The van der Waals surface area contributed by atoms with E-state index in [1.165, 1.54) is 6.07 Å². The molecule has 0 unspecified atom stereocenters. The quantitative estimate of drug-likeness (QED) is 0.745. The van der Waals surface area contributed by atoms with Crippen molar-refractivity contribution in [2.24, 2.45) is 5.92 Å². The first-order valence-corrected chi connectivity index (χ1v) is 5.70. The van der Waals surface area contributed by atoms with Crippen molar-refractivity contribution in [3.63, 3.8) is 0 Å². The Balaban J connectivity index is 2.15. The largest absolute Gasteiger partial charge is 0.418 e. The minimum atomic E-state index is -4.45. The normalized spacial score (nSPS) is 26.5. The molecule has 2 aliphatic rings. The molecule has 0 saturated carbocycles. The van der Waals surface area contributed by atoms with Gasteiger partial charge in [0.2, 0.25) is 5.91 Å². The summed E-state index contributed by atoms with van der Waals surface area (Å²) < 4.78 is 38.6. The van der Waals surface area contributed by atoms with Gasteiger partial charge >= 0.3 is 6.18 Å². The molecule has 6 heteroatoms. The maximum atomic E-state index is 12.9. The minimum absolute atomic E-state index is 0.0695. The first-order chi connectivity index (χ1) is 8.48. The second kappa shape index (κ2) is 3.71. The lowest BCUT2D eigenvalue weighted by Crippen LogP contribution is -2.34. The number of carbonyl (C=O) groups excluding carboxylic acids is 1. The number of amides is 1. The first-order valence-electron chi connectivity index (χ1n) is 5.70. The number of carbonyl (C=O) groups is 1. The molecule has 1 fully saturated rings. The average Bonchev–Trinajstić information content (AvgIpc) is 2.77. The van der Waals surface area contributed by atoms with Gasteiger partial charge in [-0.25, -0.2) is 0 Å². The highest BCUT2D eigenvalue weighted by Gasteiger charge is 2.43. The molecule has 1 aromatic rings. The number of para-hydroxylation sites is 1. The van der Waals surface area contributed by atoms with Crippen LogP contribution in [0.2, 0.25) is 0 Å². The zero-order valence-corrected chi connectivity index (χ0v) is 9.34. The molecule has 1 saturated heterocycles. The summed E-state index contributed by atoms with van der Waals surface area (Å²) in [5.41, 5.74) is -0.252. The van der Waals surface area contributed by atoms with Crippen LogP contribution in [0.5, 0.6) is 0 Å². The van der Waals surface area contributed by atoms with Crippen molar-refractivity contribution in [1.82, 2.24) is 5.32 Å². The Bertz CT molecular complexity index is 513. The van der Waals surface area contributed by atoms with Gasteiger partial charge in [-0.3, -0.25) is 4.79 Å². The Labute approximate surface area is 101 Å². The Morgan fingerprint density at radius 3 is 2.61 bits per heavy atom. The summed E-state index contributed by atoms with van der Waals surface area (Å²) in [6.07, 6.45) is -4.45. The summed E-state index contributed by atoms with van der Waals surface area (Å²) in [5.74, 6) is -0.744. The lowest BCUT2D eigenvalue weighted by atomic mass is 9.83. The van der Waals surface area contributed by atoms with Crippen LogP contribution in [0.1, 0.15) is 17.0 Å². The van der Waals surface area contributed by atoms with Gasteiger partial charge in [-0.1, -0.05) is 12.1 Å². The van der Waals surface area contributed by atoms with Crippen LogP contribution in [0.4, 0.5) is 18.9 Å². The van der Waals surface area contributed by atoms with Crippen molar-refractivity contribution in [1.29, 1.82) is 0 Å². The minimum Gasteiger partial charge on any atom is -0.325 e. The molecule has 2 N–H and O–H groups in total. The Kier molecular flexibility index (Phi) is 2.38. The van der Waals surface area contributed by atoms with E-state index in [9.17, 15) is 18.0 Å². The van der Waals surface area contributed by atoms with E-state index < -0.39 is 11.7 Å². The molecule has 3 nitrogen and oxygen atoms in total. The lowest BCUT2D eigenvalue weighted by Gasteiger charge is -2.29. The van der Waals surface area contributed by atoms with Gasteiger partial charge < -0.3 is 10.6 Å². The van der Waals surface area contributed by atoms with E-state index in [0.29, 0.717) is 18.7 Å². The molecule has 0 spiro atoms. The third-order valence-corrected chi connectivity index (χ3v) is 3.60. The van der Waals surface area contributed by atoms with Crippen LogP contribution in [-0.4, -0.2) is 19.0 Å². The van der Waals surface area contributed by atoms with E-state index in [0.717, 1.165) is 6.07 Å². The average molecular weight is 256 g/mol. The molecular weight excluding hydrogens is 245 g/mol. The van der Waals surface area contributed by atoms with Crippen LogP contribution in [-0.2, 0) is 11.0 Å². The van der Waals surface area contributed by atoms with Crippen LogP contribution in [0.3, 0.4) is 0 Å². The third kappa shape index (κ3) is 1.59. The topological polar surface area (TPSA) is 41.1 Å². The summed E-state index contributed by atoms with van der Waals surface area (Å²) in [5, 5.41) is 5.46. The Morgan fingerprint density at radius 1 is 1.17 bits per heavy atom. The number of hydrogen-bond acceptors (Lipinski definition) is 2. The van der Waals surface area contributed by atoms with Crippen molar-refractivity contribution in [2.75, 3.05) is 18.4 Å². The van der Waals surface area contributed by atoms with Gasteiger partial charge in [-0.15, -0.1) is 0 Å².